The Bertz CT molecular complexity index is 1100. The number of imidazole rings is 1. The lowest BCUT2D eigenvalue weighted by atomic mass is 9.77. The van der Waals surface area contributed by atoms with Gasteiger partial charge in [-0.1, -0.05) is 30.3 Å². The summed E-state index contributed by atoms with van der Waals surface area (Å²) >= 11 is 0. The summed E-state index contributed by atoms with van der Waals surface area (Å²) in [6.07, 6.45) is 0.372. The Balaban J connectivity index is 1.47. The average Bonchev–Trinajstić information content (AvgIpc) is 3.43. The number of halogens is 3. The Morgan fingerprint density at radius 3 is 2.75 bits per heavy atom. The lowest BCUT2D eigenvalue weighted by Crippen LogP contribution is -2.48. The first-order valence-electron chi connectivity index (χ1n) is 10.7. The van der Waals surface area contributed by atoms with Gasteiger partial charge in [-0.25, -0.2) is 4.98 Å². The van der Waals surface area contributed by atoms with Crippen LogP contribution >= 0.6 is 0 Å². The van der Waals surface area contributed by atoms with Crippen molar-refractivity contribution >= 4 is 0 Å². The van der Waals surface area contributed by atoms with Gasteiger partial charge in [0.1, 0.15) is 5.75 Å². The van der Waals surface area contributed by atoms with Gasteiger partial charge in [0.15, 0.2) is 0 Å². The van der Waals surface area contributed by atoms with Crippen molar-refractivity contribution in [2.45, 2.75) is 43.0 Å². The van der Waals surface area contributed by atoms with Gasteiger partial charge in [-0.3, -0.25) is 4.57 Å². The number of phenols is 1. The molecular weight excluding hydrogens is 419 g/mol. The van der Waals surface area contributed by atoms with E-state index in [0.717, 1.165) is 35.7 Å². The van der Waals surface area contributed by atoms with Crippen LogP contribution < -0.4 is 5.32 Å². The number of nitrogens with one attached hydrogen (secondary N) is 1. The summed E-state index contributed by atoms with van der Waals surface area (Å²) in [6.45, 7) is 1.30. The fraction of sp³-hybridized carbons (Fsp3) is 0.375. The van der Waals surface area contributed by atoms with Crippen LogP contribution in [-0.2, 0) is 10.9 Å². The van der Waals surface area contributed by atoms with Gasteiger partial charge in [-0.2, -0.15) is 13.2 Å². The molecule has 0 unspecified atom stereocenters. The van der Waals surface area contributed by atoms with E-state index >= 15 is 0 Å². The molecule has 1 aromatic heterocycles. The van der Waals surface area contributed by atoms with Crippen LogP contribution in [0.1, 0.15) is 48.2 Å². The highest BCUT2D eigenvalue weighted by Gasteiger charge is 2.49. The molecule has 0 bridgehead atoms. The van der Waals surface area contributed by atoms with Crippen molar-refractivity contribution in [1.82, 2.24) is 14.9 Å². The van der Waals surface area contributed by atoms with Crippen LogP contribution in [0, 0.1) is 0 Å². The molecule has 32 heavy (non-hydrogen) atoms. The molecule has 3 atom stereocenters. The molecule has 0 aliphatic carbocycles. The number of aromatic hydroxyl groups is 1. The first-order chi connectivity index (χ1) is 15.4. The monoisotopic (exact) mass is 443 g/mol. The minimum atomic E-state index is -4.57. The summed E-state index contributed by atoms with van der Waals surface area (Å²) < 4.78 is 47.4. The van der Waals surface area contributed by atoms with E-state index in [9.17, 15) is 18.3 Å². The molecule has 3 heterocycles. The number of phenolic OH excluding ortho intramolecular Hbond substituents is 1. The first-order valence-corrected chi connectivity index (χ1v) is 10.7. The Hall–Kier alpha value is -2.84. The van der Waals surface area contributed by atoms with E-state index < -0.39 is 17.6 Å². The summed E-state index contributed by atoms with van der Waals surface area (Å²) in [5.74, 6) is -1.05. The molecule has 0 saturated carbocycles. The number of nitrogens with zero attached hydrogens (tertiary/aromatic N) is 2. The van der Waals surface area contributed by atoms with E-state index in [0.29, 0.717) is 24.3 Å². The number of aromatic nitrogens is 2. The van der Waals surface area contributed by atoms with Crippen molar-refractivity contribution in [2.24, 2.45) is 0 Å². The van der Waals surface area contributed by atoms with Gasteiger partial charge >= 0.3 is 6.18 Å². The van der Waals surface area contributed by atoms with Crippen molar-refractivity contribution in [3.63, 3.8) is 0 Å². The van der Waals surface area contributed by atoms with Gasteiger partial charge in [0.2, 0.25) is 5.82 Å². The summed E-state index contributed by atoms with van der Waals surface area (Å²) in [5.41, 5.74) is 1.64. The minimum absolute atomic E-state index is 0.0262. The number of hydrogen-bond acceptors (Lipinski definition) is 4. The normalized spacial score (nSPS) is 26.0. The maximum Gasteiger partial charge on any atom is 0.450 e. The predicted octanol–water partition coefficient (Wildman–Crippen LogP) is 4.96. The summed E-state index contributed by atoms with van der Waals surface area (Å²) in [5, 5.41) is 14.2. The molecule has 0 radical (unpaired) electrons. The van der Waals surface area contributed by atoms with Crippen molar-refractivity contribution < 1.29 is 23.0 Å². The molecule has 0 amide bonds. The number of alkyl halides is 3. The second-order valence-electron chi connectivity index (χ2n) is 8.54. The molecule has 2 N–H and O–H groups in total. The van der Waals surface area contributed by atoms with E-state index in [1.807, 2.05) is 18.2 Å². The molecule has 2 aromatic carbocycles. The van der Waals surface area contributed by atoms with Gasteiger partial charge in [0.25, 0.3) is 0 Å². The number of rotatable bonds is 3. The molecule has 2 saturated heterocycles. The van der Waals surface area contributed by atoms with Crippen LogP contribution in [0.5, 0.6) is 5.75 Å². The number of piperidine rings is 1. The Morgan fingerprint density at radius 1 is 1.16 bits per heavy atom. The third-order valence-corrected chi connectivity index (χ3v) is 6.57. The third-order valence-electron chi connectivity index (χ3n) is 6.57. The number of benzene rings is 2. The van der Waals surface area contributed by atoms with Crippen LogP contribution in [0.3, 0.4) is 0 Å². The second-order valence-corrected chi connectivity index (χ2v) is 8.54. The fourth-order valence-electron chi connectivity index (χ4n) is 5.15. The topological polar surface area (TPSA) is 59.3 Å². The van der Waals surface area contributed by atoms with Gasteiger partial charge in [-0.05, 0) is 49.6 Å². The van der Waals surface area contributed by atoms with Crippen LogP contribution in [0.15, 0.2) is 60.9 Å². The third kappa shape index (κ3) is 3.67. The smallest absolute Gasteiger partial charge is 0.450 e. The zero-order chi connectivity index (χ0) is 22.3. The van der Waals surface area contributed by atoms with E-state index in [4.69, 9.17) is 4.74 Å². The van der Waals surface area contributed by atoms with Gasteiger partial charge in [0.05, 0.1) is 18.2 Å². The average molecular weight is 443 g/mol. The van der Waals surface area contributed by atoms with Gasteiger partial charge < -0.3 is 15.2 Å². The quantitative estimate of drug-likeness (QED) is 0.601. The Morgan fingerprint density at radius 2 is 1.97 bits per heavy atom. The standard InChI is InChI=1S/C24H24F3N3O2/c25-24(26,27)22-29-11-12-30(22)18-7-8-20(31)19(13-18)17-14-23(32-15-17)9-4-10-28-21(23)16-5-2-1-3-6-16/h1-3,5-8,11-13,17,21,28,31H,4,9-10,14-15H2/t17-,21+,23-/m1/s1. The summed E-state index contributed by atoms with van der Waals surface area (Å²) in [6, 6.07) is 14.7. The van der Waals surface area contributed by atoms with Crippen molar-refractivity contribution in [3.8, 4) is 11.4 Å². The highest BCUT2D eigenvalue weighted by Crippen LogP contribution is 2.49. The molecule has 2 aliphatic rings. The van der Waals surface area contributed by atoms with Crippen LogP contribution in [-0.4, -0.2) is 33.4 Å². The van der Waals surface area contributed by atoms with Crippen LogP contribution in [0.4, 0.5) is 13.2 Å². The van der Waals surface area contributed by atoms with E-state index in [2.05, 4.69) is 22.4 Å². The lowest BCUT2D eigenvalue weighted by Gasteiger charge is -2.41. The predicted molar refractivity (Wildman–Crippen MR) is 113 cm³/mol. The maximum absolute atomic E-state index is 13.3. The SMILES string of the molecule is Oc1ccc(-n2ccnc2C(F)(F)F)cc1[C@H]1CO[C@]2(CCCN[C@H]2c2ccccc2)C1. The molecule has 2 fully saturated rings. The maximum atomic E-state index is 13.3. The Kier molecular flexibility index (Phi) is 5.22. The number of ether oxygens (including phenoxy) is 1. The van der Waals surface area contributed by atoms with E-state index in [-0.39, 0.29) is 17.7 Å². The zero-order valence-corrected chi connectivity index (χ0v) is 17.3. The molecule has 8 heteroatoms. The molecular formula is C24H24F3N3O2. The zero-order valence-electron chi connectivity index (χ0n) is 17.3. The second kappa shape index (κ2) is 7.94. The van der Waals surface area contributed by atoms with Crippen molar-refractivity contribution in [3.05, 3.63) is 77.9 Å². The molecule has 1 spiro atoms. The minimum Gasteiger partial charge on any atom is -0.508 e. The van der Waals surface area contributed by atoms with Gasteiger partial charge in [0, 0.05) is 29.6 Å². The molecule has 5 nitrogen and oxygen atoms in total. The molecule has 2 aliphatic heterocycles. The van der Waals surface area contributed by atoms with E-state index in [1.165, 1.54) is 18.3 Å². The fourth-order valence-corrected chi connectivity index (χ4v) is 5.15. The van der Waals surface area contributed by atoms with Crippen LogP contribution in [0.25, 0.3) is 5.69 Å². The van der Waals surface area contributed by atoms with Crippen LogP contribution in [0.2, 0.25) is 0 Å². The van der Waals surface area contributed by atoms with Gasteiger partial charge in [-0.15, -0.1) is 0 Å². The molecule has 168 valence electrons. The van der Waals surface area contributed by atoms with Crippen molar-refractivity contribution in [2.75, 3.05) is 13.2 Å². The van der Waals surface area contributed by atoms with E-state index in [1.54, 1.807) is 6.07 Å². The highest BCUT2D eigenvalue weighted by molar-refractivity contribution is 5.47. The summed E-state index contributed by atoms with van der Waals surface area (Å²) in [7, 11) is 0. The number of hydrogen-bond donors (Lipinski definition) is 2. The molecule has 3 aromatic rings. The molecule has 5 rings (SSSR count). The highest BCUT2D eigenvalue weighted by atomic mass is 19.4. The summed E-state index contributed by atoms with van der Waals surface area (Å²) in [4.78, 5) is 3.47. The Labute approximate surface area is 183 Å². The van der Waals surface area contributed by atoms with Crippen molar-refractivity contribution in [1.29, 1.82) is 0 Å². The largest absolute Gasteiger partial charge is 0.508 e. The first kappa shape index (κ1) is 21.0. The lowest BCUT2D eigenvalue weighted by molar-refractivity contribution is -0.145.